The molecule has 0 heterocycles. The van der Waals surface area contributed by atoms with Gasteiger partial charge in [-0.15, -0.1) is 0 Å². The van der Waals surface area contributed by atoms with E-state index in [1.807, 2.05) is 30.3 Å². The summed E-state index contributed by atoms with van der Waals surface area (Å²) in [5, 5.41) is 2.61. The molecular weight excluding hydrogens is 468 g/mol. The Kier molecular flexibility index (Phi) is 8.62. The van der Waals surface area contributed by atoms with Crippen LogP contribution in [0.4, 0.5) is 5.69 Å². The van der Waals surface area contributed by atoms with Crippen LogP contribution in [0.15, 0.2) is 83.8 Å². The topological polar surface area (TPSA) is 111 Å². The van der Waals surface area contributed by atoms with Crippen molar-refractivity contribution in [3.63, 3.8) is 0 Å². The number of benzene rings is 3. The molecular formula is C26H28N2O6S. The SMILES string of the molecule is CC(C)NS(=O)(=O)c1ccc(NC(=O)[C@@H](C)OC(=O)c2cccc(OCc3ccccc3)c2)cc1. The summed E-state index contributed by atoms with van der Waals surface area (Å²) < 4.78 is 37.9. The van der Waals surface area contributed by atoms with Crippen LogP contribution >= 0.6 is 0 Å². The number of sulfonamides is 1. The van der Waals surface area contributed by atoms with E-state index >= 15 is 0 Å². The summed E-state index contributed by atoms with van der Waals surface area (Å²) in [5.74, 6) is -0.716. The van der Waals surface area contributed by atoms with Crippen LogP contribution in [-0.2, 0) is 26.2 Å². The second kappa shape index (κ2) is 11.6. The standard InChI is InChI=1S/C26H28N2O6S/c1-18(2)28-35(31,32)24-14-12-22(13-15-24)27-25(29)19(3)34-26(30)21-10-7-11-23(16-21)33-17-20-8-5-4-6-9-20/h4-16,18-19,28H,17H2,1-3H3,(H,27,29)/t19-/m1/s1. The van der Waals surface area contributed by atoms with Crippen molar-refractivity contribution >= 4 is 27.6 Å². The number of hydrogen-bond donors (Lipinski definition) is 2. The van der Waals surface area contributed by atoms with E-state index in [2.05, 4.69) is 10.0 Å². The van der Waals surface area contributed by atoms with Gasteiger partial charge in [-0.3, -0.25) is 4.79 Å². The molecule has 0 aliphatic heterocycles. The van der Waals surface area contributed by atoms with Crippen LogP contribution in [-0.4, -0.2) is 32.4 Å². The average Bonchev–Trinajstić information content (AvgIpc) is 2.83. The van der Waals surface area contributed by atoms with Gasteiger partial charge in [0.15, 0.2) is 6.10 Å². The normalized spacial score (nSPS) is 12.1. The first-order chi connectivity index (χ1) is 16.6. The average molecular weight is 497 g/mol. The van der Waals surface area contributed by atoms with Crippen molar-refractivity contribution in [2.75, 3.05) is 5.32 Å². The monoisotopic (exact) mass is 496 g/mol. The first-order valence-corrected chi connectivity index (χ1v) is 12.5. The van der Waals surface area contributed by atoms with Gasteiger partial charge >= 0.3 is 5.97 Å². The predicted molar refractivity (Wildman–Crippen MR) is 133 cm³/mol. The van der Waals surface area contributed by atoms with Crippen LogP contribution in [0.1, 0.15) is 36.7 Å². The van der Waals surface area contributed by atoms with E-state index in [4.69, 9.17) is 9.47 Å². The van der Waals surface area contributed by atoms with E-state index in [9.17, 15) is 18.0 Å². The van der Waals surface area contributed by atoms with Crippen molar-refractivity contribution in [3.8, 4) is 5.75 Å². The van der Waals surface area contributed by atoms with Crippen LogP contribution in [0, 0.1) is 0 Å². The third kappa shape index (κ3) is 7.66. The lowest BCUT2D eigenvalue weighted by molar-refractivity contribution is -0.123. The van der Waals surface area contributed by atoms with Crippen molar-refractivity contribution in [1.82, 2.24) is 4.72 Å². The summed E-state index contributed by atoms with van der Waals surface area (Å²) in [7, 11) is -3.63. The van der Waals surface area contributed by atoms with E-state index in [-0.39, 0.29) is 16.5 Å². The molecule has 2 N–H and O–H groups in total. The van der Waals surface area contributed by atoms with E-state index in [0.717, 1.165) is 5.56 Å². The molecule has 9 heteroatoms. The van der Waals surface area contributed by atoms with Gasteiger partial charge in [-0.1, -0.05) is 36.4 Å². The molecule has 0 bridgehead atoms. The zero-order valence-corrected chi connectivity index (χ0v) is 20.5. The Morgan fingerprint density at radius 2 is 1.57 bits per heavy atom. The molecule has 0 saturated carbocycles. The molecule has 3 aromatic carbocycles. The first kappa shape index (κ1) is 25.9. The third-order valence-electron chi connectivity index (χ3n) is 4.79. The molecule has 35 heavy (non-hydrogen) atoms. The van der Waals surface area contributed by atoms with Gasteiger partial charge in [-0.05, 0) is 68.8 Å². The summed E-state index contributed by atoms with van der Waals surface area (Å²) in [6, 6.07) is 21.6. The van der Waals surface area contributed by atoms with Crippen molar-refractivity contribution in [2.45, 2.75) is 44.4 Å². The quantitative estimate of drug-likeness (QED) is 0.408. The largest absolute Gasteiger partial charge is 0.489 e. The highest BCUT2D eigenvalue weighted by Crippen LogP contribution is 2.18. The van der Waals surface area contributed by atoms with Crippen LogP contribution in [0.2, 0.25) is 0 Å². The van der Waals surface area contributed by atoms with Gasteiger partial charge in [0.05, 0.1) is 10.5 Å². The van der Waals surface area contributed by atoms with Crippen LogP contribution < -0.4 is 14.8 Å². The first-order valence-electron chi connectivity index (χ1n) is 11.0. The number of nitrogens with one attached hydrogen (secondary N) is 2. The Balaban J connectivity index is 1.56. The van der Waals surface area contributed by atoms with Crippen LogP contribution in [0.3, 0.4) is 0 Å². The number of anilines is 1. The highest BCUT2D eigenvalue weighted by atomic mass is 32.2. The Labute approximate surface area is 205 Å². The molecule has 8 nitrogen and oxygen atoms in total. The Bertz CT molecular complexity index is 1260. The number of ether oxygens (including phenoxy) is 2. The molecule has 0 saturated heterocycles. The molecule has 0 aliphatic carbocycles. The second-order valence-electron chi connectivity index (χ2n) is 8.14. The lowest BCUT2D eigenvalue weighted by Gasteiger charge is -2.15. The predicted octanol–water partition coefficient (Wildman–Crippen LogP) is 4.14. The van der Waals surface area contributed by atoms with Gasteiger partial charge in [-0.2, -0.15) is 0 Å². The maximum Gasteiger partial charge on any atom is 0.339 e. The third-order valence-corrected chi connectivity index (χ3v) is 6.47. The summed E-state index contributed by atoms with van der Waals surface area (Å²) in [6.45, 7) is 5.26. The zero-order chi connectivity index (χ0) is 25.4. The minimum atomic E-state index is -3.63. The summed E-state index contributed by atoms with van der Waals surface area (Å²) in [5.41, 5.74) is 1.62. The maximum absolute atomic E-state index is 12.6. The van der Waals surface area contributed by atoms with Gasteiger partial charge in [0, 0.05) is 11.7 Å². The van der Waals surface area contributed by atoms with Crippen molar-refractivity contribution in [1.29, 1.82) is 0 Å². The molecule has 3 aromatic rings. The van der Waals surface area contributed by atoms with E-state index < -0.39 is 28.0 Å². The fourth-order valence-electron chi connectivity index (χ4n) is 3.08. The maximum atomic E-state index is 12.6. The number of amides is 1. The summed E-state index contributed by atoms with van der Waals surface area (Å²) in [4.78, 5) is 25.1. The Hall–Kier alpha value is -3.69. The lowest BCUT2D eigenvalue weighted by Crippen LogP contribution is -2.30. The molecule has 0 unspecified atom stereocenters. The summed E-state index contributed by atoms with van der Waals surface area (Å²) in [6.07, 6.45) is -1.08. The Morgan fingerprint density at radius 1 is 0.886 bits per heavy atom. The Morgan fingerprint density at radius 3 is 2.23 bits per heavy atom. The fourth-order valence-corrected chi connectivity index (χ4v) is 4.33. The number of hydrogen-bond acceptors (Lipinski definition) is 6. The van der Waals surface area contributed by atoms with Gasteiger partial charge in [0.2, 0.25) is 10.0 Å². The highest BCUT2D eigenvalue weighted by molar-refractivity contribution is 7.89. The van der Waals surface area contributed by atoms with Crippen LogP contribution in [0.5, 0.6) is 5.75 Å². The number of esters is 1. The molecule has 1 amide bonds. The number of rotatable bonds is 10. The van der Waals surface area contributed by atoms with Gasteiger partial charge in [0.25, 0.3) is 5.91 Å². The van der Waals surface area contributed by atoms with E-state index in [0.29, 0.717) is 18.0 Å². The second-order valence-corrected chi connectivity index (χ2v) is 9.85. The number of carbonyl (C=O) groups excluding carboxylic acids is 2. The van der Waals surface area contributed by atoms with Crippen molar-refractivity contribution < 1.29 is 27.5 Å². The molecule has 0 aliphatic rings. The fraction of sp³-hybridized carbons (Fsp3) is 0.231. The van der Waals surface area contributed by atoms with Crippen molar-refractivity contribution in [2.24, 2.45) is 0 Å². The molecule has 0 radical (unpaired) electrons. The lowest BCUT2D eigenvalue weighted by atomic mass is 10.2. The van der Waals surface area contributed by atoms with E-state index in [1.165, 1.54) is 31.2 Å². The van der Waals surface area contributed by atoms with Gasteiger partial charge in [-0.25, -0.2) is 17.9 Å². The zero-order valence-electron chi connectivity index (χ0n) is 19.7. The molecule has 184 valence electrons. The van der Waals surface area contributed by atoms with Gasteiger partial charge in [0.1, 0.15) is 12.4 Å². The highest BCUT2D eigenvalue weighted by Gasteiger charge is 2.20. The van der Waals surface area contributed by atoms with Crippen LogP contribution in [0.25, 0.3) is 0 Å². The molecule has 0 fully saturated rings. The summed E-state index contributed by atoms with van der Waals surface area (Å²) >= 11 is 0. The van der Waals surface area contributed by atoms with E-state index in [1.54, 1.807) is 38.1 Å². The molecule has 1 atom stereocenters. The molecule has 0 spiro atoms. The van der Waals surface area contributed by atoms with Gasteiger partial charge < -0.3 is 14.8 Å². The van der Waals surface area contributed by atoms with Crippen molar-refractivity contribution in [3.05, 3.63) is 90.0 Å². The smallest absolute Gasteiger partial charge is 0.339 e. The minimum Gasteiger partial charge on any atom is -0.489 e. The number of carbonyl (C=O) groups is 2. The minimum absolute atomic E-state index is 0.0815. The molecule has 0 aromatic heterocycles. The molecule has 3 rings (SSSR count).